The number of Topliss-reactive ketones (excluding diaryl/α,β-unsaturated/α-hetero) is 2. The van der Waals surface area contributed by atoms with Crippen LogP contribution in [0.2, 0.25) is 0 Å². The highest BCUT2D eigenvalue weighted by Gasteiger charge is 2.11. The van der Waals surface area contributed by atoms with Crippen molar-refractivity contribution in [3.05, 3.63) is 35.4 Å². The third-order valence-corrected chi connectivity index (χ3v) is 2.58. The zero-order valence-electron chi connectivity index (χ0n) is 11.7. The molecular formula is C15H23NO2. The smallest absolute Gasteiger partial charge is 0.159 e. The van der Waals surface area contributed by atoms with Crippen molar-refractivity contribution < 1.29 is 9.59 Å². The van der Waals surface area contributed by atoms with Crippen LogP contribution in [0, 0.1) is 0 Å². The molecule has 0 aromatic heterocycles. The molecule has 0 heterocycles. The Morgan fingerprint density at radius 3 is 2.06 bits per heavy atom. The molecule has 0 aliphatic heterocycles. The fourth-order valence-corrected chi connectivity index (χ4v) is 1.51. The molecule has 0 saturated carbocycles. The van der Waals surface area contributed by atoms with Gasteiger partial charge in [0.15, 0.2) is 5.78 Å². The summed E-state index contributed by atoms with van der Waals surface area (Å²) >= 11 is 0. The van der Waals surface area contributed by atoms with Crippen LogP contribution in [0.5, 0.6) is 0 Å². The fraction of sp³-hybridized carbons (Fsp3) is 0.467. The van der Waals surface area contributed by atoms with E-state index < -0.39 is 6.04 Å². The molecule has 1 rings (SSSR count). The van der Waals surface area contributed by atoms with Crippen molar-refractivity contribution in [1.82, 2.24) is 0 Å². The van der Waals surface area contributed by atoms with Crippen molar-refractivity contribution in [3.8, 4) is 0 Å². The molecule has 0 fully saturated rings. The Morgan fingerprint density at radius 2 is 1.67 bits per heavy atom. The monoisotopic (exact) mass is 249 g/mol. The second-order valence-corrected chi connectivity index (χ2v) is 3.88. The third-order valence-electron chi connectivity index (χ3n) is 2.58. The molecular weight excluding hydrogens is 226 g/mol. The number of rotatable bonds is 5. The summed E-state index contributed by atoms with van der Waals surface area (Å²) in [5, 5.41) is 0. The predicted octanol–water partition coefficient (Wildman–Crippen LogP) is 2.76. The molecule has 100 valence electrons. The highest BCUT2D eigenvalue weighted by molar-refractivity contribution is 5.94. The molecule has 1 aromatic rings. The summed E-state index contributed by atoms with van der Waals surface area (Å²) in [7, 11) is 0. The molecule has 0 amide bonds. The van der Waals surface area contributed by atoms with Gasteiger partial charge in [-0.05, 0) is 18.9 Å². The van der Waals surface area contributed by atoms with E-state index in [9.17, 15) is 9.59 Å². The molecule has 2 N–H and O–H groups in total. The Morgan fingerprint density at radius 1 is 1.17 bits per heavy atom. The number of carbonyl (C=O) groups is 2. The van der Waals surface area contributed by atoms with Crippen LogP contribution in [-0.2, 0) is 11.2 Å². The molecule has 3 nitrogen and oxygen atoms in total. The molecule has 1 atom stereocenters. The lowest BCUT2D eigenvalue weighted by Crippen LogP contribution is -2.32. The molecule has 3 heteroatoms. The summed E-state index contributed by atoms with van der Waals surface area (Å²) in [5.74, 6) is 0.108. The van der Waals surface area contributed by atoms with Crippen LogP contribution in [0.15, 0.2) is 24.3 Å². The van der Waals surface area contributed by atoms with Crippen LogP contribution in [0.4, 0.5) is 0 Å². The Balaban J connectivity index is 0.00000137. The second kappa shape index (κ2) is 8.59. The summed E-state index contributed by atoms with van der Waals surface area (Å²) in [5.41, 5.74) is 7.41. The van der Waals surface area contributed by atoms with E-state index in [-0.39, 0.29) is 11.6 Å². The van der Waals surface area contributed by atoms with E-state index >= 15 is 0 Å². The highest BCUT2D eigenvalue weighted by atomic mass is 16.1. The van der Waals surface area contributed by atoms with Crippen molar-refractivity contribution in [2.75, 3.05) is 0 Å². The number of hydrogen-bond acceptors (Lipinski definition) is 3. The molecule has 18 heavy (non-hydrogen) atoms. The topological polar surface area (TPSA) is 60.2 Å². The van der Waals surface area contributed by atoms with E-state index in [0.29, 0.717) is 18.4 Å². The van der Waals surface area contributed by atoms with Gasteiger partial charge in [-0.15, -0.1) is 0 Å². The lowest BCUT2D eigenvalue weighted by atomic mass is 10.0. The van der Waals surface area contributed by atoms with Gasteiger partial charge in [0.25, 0.3) is 0 Å². The quantitative estimate of drug-likeness (QED) is 0.816. The lowest BCUT2D eigenvalue weighted by molar-refractivity contribution is -0.119. The number of nitrogens with two attached hydrogens (primary N) is 1. The molecule has 0 aliphatic carbocycles. The number of hydrogen-bond donors (Lipinski definition) is 1. The number of ketones is 2. The van der Waals surface area contributed by atoms with Gasteiger partial charge < -0.3 is 5.73 Å². The van der Waals surface area contributed by atoms with Gasteiger partial charge in [-0.2, -0.15) is 0 Å². The normalized spacial score (nSPS) is 11.2. The van der Waals surface area contributed by atoms with Crippen molar-refractivity contribution in [3.63, 3.8) is 0 Å². The van der Waals surface area contributed by atoms with Crippen LogP contribution in [0.3, 0.4) is 0 Å². The van der Waals surface area contributed by atoms with Gasteiger partial charge in [0, 0.05) is 12.0 Å². The van der Waals surface area contributed by atoms with Crippen LogP contribution in [0.25, 0.3) is 0 Å². The first-order valence-electron chi connectivity index (χ1n) is 6.42. The maximum atomic E-state index is 11.3. The van der Waals surface area contributed by atoms with Gasteiger partial charge in [-0.1, -0.05) is 45.0 Å². The van der Waals surface area contributed by atoms with Crippen LogP contribution < -0.4 is 5.73 Å². The lowest BCUT2D eigenvalue weighted by Gasteiger charge is -2.09. The second-order valence-electron chi connectivity index (χ2n) is 3.88. The molecule has 0 spiro atoms. The molecule has 0 aliphatic rings. The maximum absolute atomic E-state index is 11.3. The van der Waals surface area contributed by atoms with Crippen LogP contribution in [-0.4, -0.2) is 17.6 Å². The van der Waals surface area contributed by atoms with E-state index in [1.54, 1.807) is 19.1 Å². The van der Waals surface area contributed by atoms with E-state index in [1.165, 1.54) is 6.92 Å². The molecule has 1 aromatic carbocycles. The summed E-state index contributed by atoms with van der Waals surface area (Å²) in [6.45, 7) is 7.34. The summed E-state index contributed by atoms with van der Waals surface area (Å²) in [6.07, 6.45) is 0.998. The van der Waals surface area contributed by atoms with Gasteiger partial charge >= 0.3 is 0 Å². The Kier molecular flexibility index (Phi) is 7.88. The van der Waals surface area contributed by atoms with E-state index in [2.05, 4.69) is 0 Å². The first-order chi connectivity index (χ1) is 8.54. The van der Waals surface area contributed by atoms with E-state index in [1.807, 2.05) is 26.0 Å². The minimum absolute atomic E-state index is 0.0421. The van der Waals surface area contributed by atoms with E-state index in [0.717, 1.165) is 5.56 Å². The molecule has 0 bridgehead atoms. The Bertz CT molecular complexity index is 382. The van der Waals surface area contributed by atoms with Gasteiger partial charge in [0.05, 0.1) is 6.04 Å². The zero-order valence-corrected chi connectivity index (χ0v) is 11.7. The van der Waals surface area contributed by atoms with Crippen LogP contribution >= 0.6 is 0 Å². The molecule has 0 radical (unpaired) electrons. The van der Waals surface area contributed by atoms with Crippen molar-refractivity contribution in [2.24, 2.45) is 5.73 Å². The van der Waals surface area contributed by atoms with Gasteiger partial charge in [0.2, 0.25) is 0 Å². The SMILES string of the molecule is CC.CCC(=O)C(N)Cc1ccc(C(C)=O)cc1. The van der Waals surface area contributed by atoms with Gasteiger partial charge in [0.1, 0.15) is 5.78 Å². The third kappa shape index (κ3) is 5.23. The fourth-order valence-electron chi connectivity index (χ4n) is 1.51. The van der Waals surface area contributed by atoms with Crippen LogP contribution in [0.1, 0.15) is 50.0 Å². The maximum Gasteiger partial charge on any atom is 0.159 e. The van der Waals surface area contributed by atoms with Gasteiger partial charge in [-0.3, -0.25) is 9.59 Å². The summed E-state index contributed by atoms with van der Waals surface area (Å²) in [4.78, 5) is 22.4. The molecule has 0 saturated heterocycles. The summed E-state index contributed by atoms with van der Waals surface area (Å²) < 4.78 is 0. The van der Waals surface area contributed by atoms with Crippen molar-refractivity contribution in [1.29, 1.82) is 0 Å². The standard InChI is InChI=1S/C13H17NO2.C2H6/c1-3-13(16)12(14)8-10-4-6-11(7-5-10)9(2)15;1-2/h4-7,12H,3,8,14H2,1-2H3;1-2H3. The first-order valence-corrected chi connectivity index (χ1v) is 6.42. The first kappa shape index (κ1) is 16.5. The number of carbonyl (C=O) groups excluding carboxylic acids is 2. The number of benzene rings is 1. The zero-order chi connectivity index (χ0) is 14.1. The minimum Gasteiger partial charge on any atom is -0.321 e. The van der Waals surface area contributed by atoms with E-state index in [4.69, 9.17) is 5.73 Å². The summed E-state index contributed by atoms with van der Waals surface area (Å²) in [6, 6.07) is 6.79. The van der Waals surface area contributed by atoms with Crippen molar-refractivity contribution >= 4 is 11.6 Å². The average Bonchev–Trinajstić information content (AvgIpc) is 2.40. The predicted molar refractivity (Wildman–Crippen MR) is 74.8 cm³/mol. The minimum atomic E-state index is -0.437. The Hall–Kier alpha value is -1.48. The van der Waals surface area contributed by atoms with Crippen molar-refractivity contribution in [2.45, 2.75) is 46.6 Å². The Labute approximate surface area is 109 Å². The van der Waals surface area contributed by atoms with Gasteiger partial charge in [-0.25, -0.2) is 0 Å². The highest BCUT2D eigenvalue weighted by Crippen LogP contribution is 2.07. The molecule has 1 unspecified atom stereocenters. The largest absolute Gasteiger partial charge is 0.321 e. The average molecular weight is 249 g/mol.